The molecular formula is C19H21NO4S. The molecule has 1 heterocycles. The highest BCUT2D eigenvalue weighted by molar-refractivity contribution is 7.89. The topological polar surface area (TPSA) is 63.7 Å². The molecule has 0 saturated carbocycles. The number of hydrogen-bond donors (Lipinski definition) is 0. The van der Waals surface area contributed by atoms with E-state index in [-0.39, 0.29) is 17.1 Å². The van der Waals surface area contributed by atoms with Crippen molar-refractivity contribution < 1.29 is 17.9 Å². The van der Waals surface area contributed by atoms with Crippen molar-refractivity contribution in [3.05, 3.63) is 65.7 Å². The summed E-state index contributed by atoms with van der Waals surface area (Å²) in [4.78, 5) is 12.5. The molecule has 3 rings (SSSR count). The maximum atomic E-state index is 12.9. The van der Waals surface area contributed by atoms with Gasteiger partial charge in [0.1, 0.15) is 6.61 Å². The molecule has 0 amide bonds. The Kier molecular flexibility index (Phi) is 5.50. The summed E-state index contributed by atoms with van der Waals surface area (Å²) in [5, 5.41) is 0. The van der Waals surface area contributed by atoms with Crippen LogP contribution in [0.1, 0.15) is 35.2 Å². The maximum absolute atomic E-state index is 12.9. The molecule has 25 heavy (non-hydrogen) atoms. The molecule has 1 aliphatic rings. The van der Waals surface area contributed by atoms with Gasteiger partial charge in [-0.1, -0.05) is 48.9 Å². The minimum Gasteiger partial charge on any atom is -0.457 e. The number of ether oxygens (including phenoxy) is 1. The fourth-order valence-electron chi connectivity index (χ4n) is 2.91. The van der Waals surface area contributed by atoms with Gasteiger partial charge in [-0.15, -0.1) is 0 Å². The second-order valence-electron chi connectivity index (χ2n) is 6.02. The van der Waals surface area contributed by atoms with Crippen LogP contribution in [0.3, 0.4) is 0 Å². The van der Waals surface area contributed by atoms with Gasteiger partial charge in [0, 0.05) is 13.1 Å². The first-order valence-electron chi connectivity index (χ1n) is 8.39. The highest BCUT2D eigenvalue weighted by Crippen LogP contribution is 2.24. The van der Waals surface area contributed by atoms with Crippen LogP contribution in [0.25, 0.3) is 0 Å². The van der Waals surface area contributed by atoms with Crippen LogP contribution in [0.15, 0.2) is 59.5 Å². The summed E-state index contributed by atoms with van der Waals surface area (Å²) in [6.07, 6.45) is 2.73. The van der Waals surface area contributed by atoms with E-state index in [4.69, 9.17) is 4.74 Å². The van der Waals surface area contributed by atoms with Crippen LogP contribution < -0.4 is 0 Å². The largest absolute Gasteiger partial charge is 0.457 e. The predicted octanol–water partition coefficient (Wildman–Crippen LogP) is 3.22. The van der Waals surface area contributed by atoms with Gasteiger partial charge in [0.05, 0.1) is 10.5 Å². The molecule has 6 heteroatoms. The van der Waals surface area contributed by atoms with Gasteiger partial charge in [-0.25, -0.2) is 13.2 Å². The fourth-order valence-corrected chi connectivity index (χ4v) is 4.60. The van der Waals surface area contributed by atoms with Gasteiger partial charge in [-0.3, -0.25) is 0 Å². The molecule has 2 aromatic rings. The van der Waals surface area contributed by atoms with Crippen LogP contribution in [0, 0.1) is 0 Å². The van der Waals surface area contributed by atoms with Gasteiger partial charge in [0.2, 0.25) is 10.0 Å². The van der Waals surface area contributed by atoms with E-state index in [1.165, 1.54) is 16.4 Å². The van der Waals surface area contributed by atoms with Crippen LogP contribution >= 0.6 is 0 Å². The molecule has 0 atom stereocenters. The minimum atomic E-state index is -3.69. The predicted molar refractivity (Wildman–Crippen MR) is 94.6 cm³/mol. The number of piperidine rings is 1. The van der Waals surface area contributed by atoms with E-state index in [2.05, 4.69) is 0 Å². The Balaban J connectivity index is 1.81. The second kappa shape index (κ2) is 7.80. The van der Waals surface area contributed by atoms with Crippen molar-refractivity contribution >= 4 is 16.0 Å². The van der Waals surface area contributed by atoms with Gasteiger partial charge < -0.3 is 4.74 Å². The molecule has 0 unspecified atom stereocenters. The lowest BCUT2D eigenvalue weighted by Gasteiger charge is -2.26. The zero-order valence-corrected chi connectivity index (χ0v) is 14.7. The highest BCUT2D eigenvalue weighted by atomic mass is 32.2. The summed E-state index contributed by atoms with van der Waals surface area (Å²) in [5.41, 5.74) is 0.941. The second-order valence-corrected chi connectivity index (χ2v) is 7.93. The number of carbonyl (C=O) groups excluding carboxylic acids is 1. The third-order valence-electron chi connectivity index (χ3n) is 4.25. The van der Waals surface area contributed by atoms with Crippen molar-refractivity contribution in [2.45, 2.75) is 30.8 Å². The Bertz CT molecular complexity index is 828. The summed E-state index contributed by atoms with van der Waals surface area (Å²) in [7, 11) is -3.69. The van der Waals surface area contributed by atoms with Crippen LogP contribution in [0.4, 0.5) is 0 Å². The van der Waals surface area contributed by atoms with E-state index in [0.29, 0.717) is 13.1 Å². The normalized spacial score (nSPS) is 15.7. The van der Waals surface area contributed by atoms with E-state index < -0.39 is 16.0 Å². The van der Waals surface area contributed by atoms with Crippen LogP contribution in [0.5, 0.6) is 0 Å². The summed E-state index contributed by atoms with van der Waals surface area (Å²) >= 11 is 0. The van der Waals surface area contributed by atoms with Crippen molar-refractivity contribution in [1.82, 2.24) is 4.31 Å². The summed E-state index contributed by atoms with van der Waals surface area (Å²) in [6.45, 7) is 1.10. The molecule has 1 aliphatic heterocycles. The monoisotopic (exact) mass is 359 g/mol. The quantitative estimate of drug-likeness (QED) is 0.769. The fraction of sp³-hybridized carbons (Fsp3) is 0.316. The molecule has 0 spiro atoms. The molecule has 0 aromatic heterocycles. The Hall–Kier alpha value is -2.18. The SMILES string of the molecule is O=C(OCc1ccccc1)c1ccccc1S(=O)(=O)N1CCCCC1. The molecule has 1 saturated heterocycles. The third kappa shape index (κ3) is 4.08. The van der Waals surface area contributed by atoms with Crippen LogP contribution in [0.2, 0.25) is 0 Å². The smallest absolute Gasteiger partial charge is 0.339 e. The lowest BCUT2D eigenvalue weighted by atomic mass is 10.2. The first-order valence-corrected chi connectivity index (χ1v) is 9.83. The Labute approximate surface area is 148 Å². The van der Waals surface area contributed by atoms with Gasteiger partial charge in [-0.2, -0.15) is 4.31 Å². The van der Waals surface area contributed by atoms with Crippen molar-refractivity contribution in [3.8, 4) is 0 Å². The van der Waals surface area contributed by atoms with E-state index in [1.54, 1.807) is 12.1 Å². The number of benzene rings is 2. The van der Waals surface area contributed by atoms with E-state index in [1.807, 2.05) is 30.3 Å². The Morgan fingerprint density at radius 1 is 0.920 bits per heavy atom. The van der Waals surface area contributed by atoms with Gasteiger partial charge in [0.15, 0.2) is 0 Å². The lowest BCUT2D eigenvalue weighted by Crippen LogP contribution is -2.36. The average molecular weight is 359 g/mol. The number of nitrogens with zero attached hydrogens (tertiary/aromatic N) is 1. The molecule has 0 aliphatic carbocycles. The standard InChI is InChI=1S/C19H21NO4S/c21-19(24-15-16-9-3-1-4-10-16)17-11-5-6-12-18(17)25(22,23)20-13-7-2-8-14-20/h1,3-6,9-12H,2,7-8,13-15H2. The maximum Gasteiger partial charge on any atom is 0.339 e. The zero-order valence-electron chi connectivity index (χ0n) is 13.9. The number of esters is 1. The van der Waals surface area contributed by atoms with E-state index in [9.17, 15) is 13.2 Å². The van der Waals surface area contributed by atoms with Crippen molar-refractivity contribution in [1.29, 1.82) is 0 Å². The lowest BCUT2D eigenvalue weighted by molar-refractivity contribution is 0.0468. The average Bonchev–Trinajstić information content (AvgIpc) is 2.67. The molecule has 0 bridgehead atoms. The minimum absolute atomic E-state index is 0.0231. The Morgan fingerprint density at radius 3 is 2.28 bits per heavy atom. The Morgan fingerprint density at radius 2 is 1.56 bits per heavy atom. The molecule has 0 N–H and O–H groups in total. The van der Waals surface area contributed by atoms with E-state index >= 15 is 0 Å². The van der Waals surface area contributed by atoms with Gasteiger partial charge in [-0.05, 0) is 30.5 Å². The number of rotatable bonds is 5. The van der Waals surface area contributed by atoms with Crippen molar-refractivity contribution in [2.75, 3.05) is 13.1 Å². The molecule has 1 fully saturated rings. The molecule has 0 radical (unpaired) electrons. The number of hydrogen-bond acceptors (Lipinski definition) is 4. The first kappa shape index (κ1) is 17.6. The zero-order chi connectivity index (χ0) is 17.7. The van der Waals surface area contributed by atoms with Gasteiger partial charge in [0.25, 0.3) is 0 Å². The van der Waals surface area contributed by atoms with Crippen molar-refractivity contribution in [2.24, 2.45) is 0 Å². The number of carbonyl (C=O) groups is 1. The molecule has 2 aromatic carbocycles. The third-order valence-corrected chi connectivity index (χ3v) is 6.21. The molecular weight excluding hydrogens is 338 g/mol. The summed E-state index contributed by atoms with van der Waals surface area (Å²) < 4.78 is 32.6. The summed E-state index contributed by atoms with van der Waals surface area (Å²) in [6, 6.07) is 15.6. The van der Waals surface area contributed by atoms with Crippen LogP contribution in [-0.2, 0) is 21.4 Å². The van der Waals surface area contributed by atoms with Crippen molar-refractivity contribution in [3.63, 3.8) is 0 Å². The molecule has 5 nitrogen and oxygen atoms in total. The molecule has 132 valence electrons. The van der Waals surface area contributed by atoms with Crippen LogP contribution in [-0.4, -0.2) is 31.8 Å². The number of sulfonamides is 1. The van der Waals surface area contributed by atoms with E-state index in [0.717, 1.165) is 24.8 Å². The summed E-state index contributed by atoms with van der Waals surface area (Å²) in [5.74, 6) is -0.625. The highest BCUT2D eigenvalue weighted by Gasteiger charge is 2.30. The first-order chi connectivity index (χ1) is 12.1. The van der Waals surface area contributed by atoms with Gasteiger partial charge >= 0.3 is 5.97 Å².